The number of ether oxygens (including phenoxy) is 1. The fourth-order valence-corrected chi connectivity index (χ4v) is 2.67. The monoisotopic (exact) mass is 300 g/mol. The summed E-state index contributed by atoms with van der Waals surface area (Å²) in [5.74, 6) is 0. The van der Waals surface area contributed by atoms with Crippen molar-refractivity contribution in [3.05, 3.63) is 48.1 Å². The molecule has 2 aromatic heterocycles. The van der Waals surface area contributed by atoms with Gasteiger partial charge in [-0.2, -0.15) is 5.10 Å². The van der Waals surface area contributed by atoms with Crippen LogP contribution in [0.25, 0.3) is 16.9 Å². The number of para-hydroxylation sites is 1. The highest BCUT2D eigenvalue weighted by Gasteiger charge is 2.07. The molecule has 0 bridgehead atoms. The second-order valence-electron chi connectivity index (χ2n) is 4.47. The highest BCUT2D eigenvalue weighted by atomic mass is 32.1. The van der Waals surface area contributed by atoms with Gasteiger partial charge in [-0.3, -0.25) is 0 Å². The first kappa shape index (κ1) is 13.8. The van der Waals surface area contributed by atoms with E-state index >= 15 is 0 Å². The fourth-order valence-electron chi connectivity index (χ4n) is 1.92. The zero-order chi connectivity index (χ0) is 14.5. The summed E-state index contributed by atoms with van der Waals surface area (Å²) in [5, 5.41) is 10.5. The molecule has 5 nitrogen and oxygen atoms in total. The van der Waals surface area contributed by atoms with Gasteiger partial charge in [-0.15, -0.1) is 11.3 Å². The molecule has 0 fully saturated rings. The molecular formula is C15H16N4OS. The topological polar surface area (TPSA) is 52.0 Å². The Bertz CT molecular complexity index is 693. The normalized spacial score (nSPS) is 10.7. The fraction of sp³-hybridized carbons (Fsp3) is 0.200. The number of hydrogen-bond acceptors (Lipinski definition) is 5. The van der Waals surface area contributed by atoms with Crippen LogP contribution in [-0.2, 0) is 4.74 Å². The van der Waals surface area contributed by atoms with Gasteiger partial charge in [-0.05, 0) is 12.1 Å². The number of rotatable bonds is 6. The molecule has 1 aromatic carbocycles. The smallest absolute Gasteiger partial charge is 0.183 e. The van der Waals surface area contributed by atoms with Crippen molar-refractivity contribution in [3.8, 4) is 16.9 Å². The predicted octanol–water partition coefficient (Wildman–Crippen LogP) is 3.05. The van der Waals surface area contributed by atoms with Gasteiger partial charge >= 0.3 is 0 Å². The molecule has 2 heterocycles. The second-order valence-corrected chi connectivity index (χ2v) is 5.32. The second kappa shape index (κ2) is 6.51. The van der Waals surface area contributed by atoms with Crippen molar-refractivity contribution in [2.45, 2.75) is 0 Å². The lowest BCUT2D eigenvalue weighted by Gasteiger charge is -2.00. The Labute approximate surface area is 127 Å². The number of hydrogen-bond donors (Lipinski definition) is 1. The Hall–Kier alpha value is -2.18. The van der Waals surface area contributed by atoms with Crippen LogP contribution in [-0.4, -0.2) is 35.0 Å². The predicted molar refractivity (Wildman–Crippen MR) is 85.0 cm³/mol. The third-order valence-corrected chi connectivity index (χ3v) is 3.79. The van der Waals surface area contributed by atoms with Crippen molar-refractivity contribution in [2.24, 2.45) is 0 Å². The highest BCUT2D eigenvalue weighted by Crippen LogP contribution is 2.25. The minimum absolute atomic E-state index is 0.668. The van der Waals surface area contributed by atoms with Gasteiger partial charge in [0.2, 0.25) is 0 Å². The largest absolute Gasteiger partial charge is 0.383 e. The Morgan fingerprint density at radius 2 is 2.14 bits per heavy atom. The molecule has 0 aliphatic carbocycles. The number of benzene rings is 1. The number of aromatic nitrogens is 3. The van der Waals surface area contributed by atoms with Crippen LogP contribution in [0.4, 0.5) is 5.13 Å². The Balaban J connectivity index is 1.74. The minimum Gasteiger partial charge on any atom is -0.383 e. The van der Waals surface area contributed by atoms with Crippen molar-refractivity contribution in [2.75, 3.05) is 25.6 Å². The molecule has 108 valence electrons. The van der Waals surface area contributed by atoms with E-state index in [0.29, 0.717) is 6.61 Å². The lowest BCUT2D eigenvalue weighted by molar-refractivity contribution is 0.211. The standard InChI is InChI=1S/C15H16N4OS/c1-20-8-7-16-15-18-14(11-21-15)12-9-17-19(10-12)13-5-3-2-4-6-13/h2-6,9-11H,7-8H2,1H3,(H,16,18). The lowest BCUT2D eigenvalue weighted by Crippen LogP contribution is -2.06. The van der Waals surface area contributed by atoms with E-state index in [4.69, 9.17) is 4.74 Å². The van der Waals surface area contributed by atoms with Gasteiger partial charge in [-0.1, -0.05) is 18.2 Å². The zero-order valence-corrected chi connectivity index (χ0v) is 12.5. The summed E-state index contributed by atoms with van der Waals surface area (Å²) in [6.45, 7) is 1.42. The first-order chi connectivity index (χ1) is 10.4. The van der Waals surface area contributed by atoms with Crippen LogP contribution in [0.1, 0.15) is 0 Å². The Kier molecular flexibility index (Phi) is 4.28. The van der Waals surface area contributed by atoms with E-state index in [1.807, 2.05) is 52.8 Å². The SMILES string of the molecule is COCCNc1nc(-c2cnn(-c3ccccc3)c2)cs1. The van der Waals surface area contributed by atoms with E-state index < -0.39 is 0 Å². The van der Waals surface area contributed by atoms with E-state index in [1.54, 1.807) is 18.4 Å². The third kappa shape index (κ3) is 3.29. The van der Waals surface area contributed by atoms with Gasteiger partial charge < -0.3 is 10.1 Å². The molecule has 21 heavy (non-hydrogen) atoms. The number of nitrogens with one attached hydrogen (secondary N) is 1. The summed E-state index contributed by atoms with van der Waals surface area (Å²) in [6.07, 6.45) is 3.82. The molecule has 0 radical (unpaired) electrons. The number of methoxy groups -OCH3 is 1. The molecule has 1 N–H and O–H groups in total. The van der Waals surface area contributed by atoms with Gasteiger partial charge in [-0.25, -0.2) is 9.67 Å². The van der Waals surface area contributed by atoms with E-state index in [1.165, 1.54) is 0 Å². The average molecular weight is 300 g/mol. The molecule has 0 aliphatic rings. The summed E-state index contributed by atoms with van der Waals surface area (Å²) in [4.78, 5) is 4.56. The third-order valence-electron chi connectivity index (χ3n) is 2.99. The molecule has 0 unspecified atom stereocenters. The van der Waals surface area contributed by atoms with Crippen molar-refractivity contribution < 1.29 is 4.74 Å². The summed E-state index contributed by atoms with van der Waals surface area (Å²) in [6, 6.07) is 10.0. The van der Waals surface area contributed by atoms with Gasteiger partial charge in [0.05, 0.1) is 24.2 Å². The van der Waals surface area contributed by atoms with Crippen LogP contribution < -0.4 is 5.32 Å². The first-order valence-electron chi connectivity index (χ1n) is 6.65. The molecule has 0 amide bonds. The summed E-state index contributed by atoms with van der Waals surface area (Å²) >= 11 is 1.59. The minimum atomic E-state index is 0.668. The van der Waals surface area contributed by atoms with Gasteiger partial charge in [0.1, 0.15) is 0 Å². The van der Waals surface area contributed by atoms with Crippen LogP contribution in [0.3, 0.4) is 0 Å². The molecule has 0 spiro atoms. The van der Waals surface area contributed by atoms with Crippen LogP contribution in [0, 0.1) is 0 Å². The van der Waals surface area contributed by atoms with Crippen LogP contribution in [0.5, 0.6) is 0 Å². The Morgan fingerprint density at radius 1 is 1.29 bits per heavy atom. The van der Waals surface area contributed by atoms with Crippen LogP contribution in [0.2, 0.25) is 0 Å². The average Bonchev–Trinajstić information content (AvgIpc) is 3.17. The summed E-state index contributed by atoms with van der Waals surface area (Å²) in [7, 11) is 1.69. The molecule has 0 atom stereocenters. The number of thiazole rings is 1. The van der Waals surface area contributed by atoms with Crippen molar-refractivity contribution in [1.82, 2.24) is 14.8 Å². The lowest BCUT2D eigenvalue weighted by atomic mass is 10.3. The summed E-state index contributed by atoms with van der Waals surface area (Å²) < 4.78 is 6.86. The van der Waals surface area contributed by atoms with Gasteiger partial charge in [0, 0.05) is 30.8 Å². The van der Waals surface area contributed by atoms with Gasteiger partial charge in [0.15, 0.2) is 5.13 Å². The van der Waals surface area contributed by atoms with Crippen molar-refractivity contribution in [3.63, 3.8) is 0 Å². The zero-order valence-electron chi connectivity index (χ0n) is 11.7. The van der Waals surface area contributed by atoms with E-state index in [9.17, 15) is 0 Å². The quantitative estimate of drug-likeness (QED) is 0.711. The van der Waals surface area contributed by atoms with E-state index in [0.717, 1.165) is 28.6 Å². The van der Waals surface area contributed by atoms with Crippen LogP contribution >= 0.6 is 11.3 Å². The molecule has 0 aliphatic heterocycles. The maximum Gasteiger partial charge on any atom is 0.183 e. The van der Waals surface area contributed by atoms with Crippen LogP contribution in [0.15, 0.2) is 48.1 Å². The van der Waals surface area contributed by atoms with E-state index in [2.05, 4.69) is 15.4 Å². The molecule has 0 saturated heterocycles. The van der Waals surface area contributed by atoms with Crippen molar-refractivity contribution >= 4 is 16.5 Å². The summed E-state index contributed by atoms with van der Waals surface area (Å²) in [5.41, 5.74) is 2.98. The molecule has 3 aromatic rings. The number of anilines is 1. The van der Waals surface area contributed by atoms with Gasteiger partial charge in [0.25, 0.3) is 0 Å². The molecule has 3 rings (SSSR count). The maximum atomic E-state index is 5.01. The molecule has 0 saturated carbocycles. The first-order valence-corrected chi connectivity index (χ1v) is 7.53. The molecular weight excluding hydrogens is 284 g/mol. The highest BCUT2D eigenvalue weighted by molar-refractivity contribution is 7.14. The number of nitrogens with zero attached hydrogens (tertiary/aromatic N) is 3. The van der Waals surface area contributed by atoms with Crippen molar-refractivity contribution in [1.29, 1.82) is 0 Å². The maximum absolute atomic E-state index is 5.01. The molecule has 6 heteroatoms. The Morgan fingerprint density at radius 3 is 2.95 bits per heavy atom. The van der Waals surface area contributed by atoms with E-state index in [-0.39, 0.29) is 0 Å².